The molecule has 1 aliphatic rings. The fourth-order valence-electron chi connectivity index (χ4n) is 2.27. The van der Waals surface area contributed by atoms with Crippen molar-refractivity contribution in [1.82, 2.24) is 0 Å². The first-order chi connectivity index (χ1) is 8.60. The Morgan fingerprint density at radius 3 is 2.33 bits per heavy atom. The van der Waals surface area contributed by atoms with Crippen molar-refractivity contribution in [1.29, 1.82) is 10.5 Å². The van der Waals surface area contributed by atoms with Crippen LogP contribution >= 0.6 is 0 Å². The van der Waals surface area contributed by atoms with E-state index in [4.69, 9.17) is 10.5 Å². The third-order valence-corrected chi connectivity index (χ3v) is 3.26. The monoisotopic (exact) mass is 244 g/mol. The second-order valence-electron chi connectivity index (χ2n) is 4.12. The van der Waals surface area contributed by atoms with Crippen molar-refractivity contribution in [2.45, 2.75) is 5.92 Å². The molecule has 0 unspecified atom stereocenters. The molecule has 0 saturated heterocycles. The Labute approximate surface area is 103 Å². The van der Waals surface area contributed by atoms with Crippen molar-refractivity contribution in [3.05, 3.63) is 35.6 Å². The zero-order valence-electron chi connectivity index (χ0n) is 9.55. The van der Waals surface area contributed by atoms with Crippen molar-refractivity contribution >= 4 is 5.97 Å². The average molecular weight is 244 g/mol. The topological polar surface area (TPSA) is 73.9 Å². The summed E-state index contributed by atoms with van der Waals surface area (Å²) in [6.45, 7) is 0. The third kappa shape index (κ3) is 1.53. The van der Waals surface area contributed by atoms with Gasteiger partial charge in [0.15, 0.2) is 5.41 Å². The molecule has 2 rings (SSSR count). The summed E-state index contributed by atoms with van der Waals surface area (Å²) in [5, 5.41) is 18.2. The van der Waals surface area contributed by atoms with Gasteiger partial charge in [0.1, 0.15) is 5.82 Å². The molecular weight excluding hydrogens is 235 g/mol. The molecule has 0 N–H and O–H groups in total. The Hall–Kier alpha value is -2.40. The zero-order valence-corrected chi connectivity index (χ0v) is 9.55. The maximum Gasteiger partial charge on any atom is 0.312 e. The van der Waals surface area contributed by atoms with E-state index in [1.807, 2.05) is 12.1 Å². The van der Waals surface area contributed by atoms with Gasteiger partial charge in [-0.3, -0.25) is 4.79 Å². The molecule has 4 nitrogen and oxygen atoms in total. The van der Waals surface area contributed by atoms with Crippen LogP contribution in [0.3, 0.4) is 0 Å². The van der Waals surface area contributed by atoms with Crippen LogP contribution in [-0.4, -0.2) is 13.1 Å². The highest BCUT2D eigenvalue weighted by molar-refractivity contribution is 5.82. The van der Waals surface area contributed by atoms with E-state index in [2.05, 4.69) is 4.74 Å². The van der Waals surface area contributed by atoms with Crippen molar-refractivity contribution < 1.29 is 13.9 Å². The molecule has 1 fully saturated rings. The Balaban J connectivity index is 2.40. The predicted molar refractivity (Wildman–Crippen MR) is 58.3 cm³/mol. The van der Waals surface area contributed by atoms with Crippen LogP contribution in [0.2, 0.25) is 0 Å². The van der Waals surface area contributed by atoms with E-state index in [0.29, 0.717) is 5.56 Å². The van der Waals surface area contributed by atoms with Gasteiger partial charge in [0, 0.05) is 5.92 Å². The second kappa shape index (κ2) is 4.12. The number of nitrogens with zero attached hydrogens (tertiary/aromatic N) is 2. The van der Waals surface area contributed by atoms with Crippen molar-refractivity contribution in [3.8, 4) is 12.1 Å². The summed E-state index contributed by atoms with van der Waals surface area (Å²) in [5.41, 5.74) is -0.805. The lowest BCUT2D eigenvalue weighted by molar-refractivity contribution is -0.142. The number of rotatable bonds is 2. The van der Waals surface area contributed by atoms with Gasteiger partial charge in [0.25, 0.3) is 0 Å². The maximum absolute atomic E-state index is 12.8. The first kappa shape index (κ1) is 12.1. The number of methoxy groups -OCH3 is 1. The van der Waals surface area contributed by atoms with Gasteiger partial charge in [-0.25, -0.2) is 4.39 Å². The largest absolute Gasteiger partial charge is 0.469 e. The highest BCUT2D eigenvalue weighted by Crippen LogP contribution is 2.64. The summed E-state index contributed by atoms with van der Waals surface area (Å²) in [5.74, 6) is -2.36. The highest BCUT2D eigenvalue weighted by Gasteiger charge is 2.71. The Bertz CT molecular complexity index is 554. The van der Waals surface area contributed by atoms with Crippen LogP contribution in [0.4, 0.5) is 4.39 Å². The molecule has 18 heavy (non-hydrogen) atoms. The van der Waals surface area contributed by atoms with E-state index in [9.17, 15) is 9.18 Å². The average Bonchev–Trinajstić information content (AvgIpc) is 3.08. The number of nitriles is 2. The SMILES string of the molecule is COC(=O)[C@@H]1[C@H](c2ccc(F)cc2)C1(C#N)C#N. The Morgan fingerprint density at radius 1 is 1.33 bits per heavy atom. The van der Waals surface area contributed by atoms with Crippen LogP contribution < -0.4 is 0 Å². The summed E-state index contributed by atoms with van der Waals surface area (Å²) in [4.78, 5) is 11.6. The quantitative estimate of drug-likeness (QED) is 0.743. The molecule has 1 aliphatic carbocycles. The second-order valence-corrected chi connectivity index (χ2v) is 4.12. The summed E-state index contributed by atoms with van der Waals surface area (Å²) < 4.78 is 17.4. The molecule has 5 heteroatoms. The predicted octanol–water partition coefficient (Wildman–Crippen LogP) is 1.75. The number of benzene rings is 1. The number of esters is 1. The molecule has 1 aromatic carbocycles. The lowest BCUT2D eigenvalue weighted by Crippen LogP contribution is -2.09. The molecular formula is C13H9FN2O2. The lowest BCUT2D eigenvalue weighted by Gasteiger charge is -1.98. The first-order valence-electron chi connectivity index (χ1n) is 5.26. The minimum absolute atomic E-state index is 0.409. The van der Waals surface area contributed by atoms with Gasteiger partial charge in [-0.05, 0) is 17.7 Å². The van der Waals surface area contributed by atoms with E-state index >= 15 is 0 Å². The van der Waals surface area contributed by atoms with Crippen LogP contribution in [0.25, 0.3) is 0 Å². The molecule has 0 aliphatic heterocycles. The molecule has 0 aromatic heterocycles. The van der Waals surface area contributed by atoms with Gasteiger partial charge in [-0.1, -0.05) is 12.1 Å². The number of ether oxygens (including phenoxy) is 1. The normalized spacial score (nSPS) is 23.6. The van der Waals surface area contributed by atoms with Crippen molar-refractivity contribution in [2.75, 3.05) is 7.11 Å². The standard InChI is InChI=1S/C13H9FN2O2/c1-18-12(17)11-10(13(11,6-15)7-16)8-2-4-9(14)5-3-8/h2-5,10-11H,1H3/t10-,11-/m0/s1. The summed E-state index contributed by atoms with van der Waals surface area (Å²) >= 11 is 0. The van der Waals surface area contributed by atoms with Crippen LogP contribution in [0.5, 0.6) is 0 Å². The fourth-order valence-corrected chi connectivity index (χ4v) is 2.27. The van der Waals surface area contributed by atoms with Crippen molar-refractivity contribution in [2.24, 2.45) is 11.3 Å². The van der Waals surface area contributed by atoms with Crippen LogP contribution in [0, 0.1) is 39.8 Å². The minimum atomic E-state index is -1.40. The molecule has 0 radical (unpaired) electrons. The molecule has 0 bridgehead atoms. The number of halogens is 1. The molecule has 1 aromatic rings. The molecule has 0 spiro atoms. The highest BCUT2D eigenvalue weighted by atomic mass is 19.1. The summed E-state index contributed by atoms with van der Waals surface area (Å²) in [6, 6.07) is 9.18. The molecule has 1 saturated carbocycles. The van der Waals surface area contributed by atoms with E-state index in [1.54, 1.807) is 0 Å². The van der Waals surface area contributed by atoms with E-state index in [0.717, 1.165) is 0 Å². The van der Waals surface area contributed by atoms with E-state index < -0.39 is 29.0 Å². The third-order valence-electron chi connectivity index (χ3n) is 3.26. The van der Waals surface area contributed by atoms with Gasteiger partial charge in [-0.15, -0.1) is 0 Å². The number of carbonyl (C=O) groups is 1. The number of hydrogen-bond donors (Lipinski definition) is 0. The molecule has 0 heterocycles. The molecule has 90 valence electrons. The van der Waals surface area contributed by atoms with Crippen LogP contribution in [-0.2, 0) is 9.53 Å². The summed E-state index contributed by atoms with van der Waals surface area (Å²) in [7, 11) is 1.21. The number of hydrogen-bond acceptors (Lipinski definition) is 4. The smallest absolute Gasteiger partial charge is 0.312 e. The van der Waals surface area contributed by atoms with Gasteiger partial charge in [-0.2, -0.15) is 10.5 Å². The molecule has 0 amide bonds. The fraction of sp³-hybridized carbons (Fsp3) is 0.308. The Morgan fingerprint density at radius 2 is 1.89 bits per heavy atom. The van der Waals surface area contributed by atoms with Gasteiger partial charge < -0.3 is 4.74 Å². The van der Waals surface area contributed by atoms with Crippen LogP contribution in [0.1, 0.15) is 11.5 Å². The maximum atomic E-state index is 12.8. The lowest BCUT2D eigenvalue weighted by atomic mass is 10.0. The van der Waals surface area contributed by atoms with Gasteiger partial charge in [0.05, 0.1) is 25.2 Å². The van der Waals surface area contributed by atoms with Crippen molar-refractivity contribution in [3.63, 3.8) is 0 Å². The summed E-state index contributed by atoms with van der Waals surface area (Å²) in [6.07, 6.45) is 0. The van der Waals surface area contributed by atoms with Gasteiger partial charge >= 0.3 is 5.97 Å². The zero-order chi connectivity index (χ0) is 13.3. The molecule has 2 atom stereocenters. The minimum Gasteiger partial charge on any atom is -0.469 e. The Kier molecular flexibility index (Phi) is 2.76. The number of carbonyl (C=O) groups excluding carboxylic acids is 1. The van der Waals surface area contributed by atoms with E-state index in [1.165, 1.54) is 31.4 Å². The van der Waals surface area contributed by atoms with Gasteiger partial charge in [0.2, 0.25) is 0 Å². The first-order valence-corrected chi connectivity index (χ1v) is 5.26. The van der Waals surface area contributed by atoms with Crippen LogP contribution in [0.15, 0.2) is 24.3 Å². The van der Waals surface area contributed by atoms with E-state index in [-0.39, 0.29) is 0 Å².